The number of amides is 1. The largest absolute Gasteiger partial charge is 0.459 e. The average molecular weight is 340 g/mol. The van der Waals surface area contributed by atoms with E-state index < -0.39 is 15.9 Å². The molecule has 0 unspecified atom stereocenters. The summed E-state index contributed by atoms with van der Waals surface area (Å²) in [5, 5.41) is 2.58. The first-order chi connectivity index (χ1) is 10.9. The van der Waals surface area contributed by atoms with E-state index in [-0.39, 0.29) is 31.2 Å². The molecule has 8 heteroatoms. The van der Waals surface area contributed by atoms with Gasteiger partial charge in [-0.05, 0) is 29.8 Å². The van der Waals surface area contributed by atoms with Gasteiger partial charge in [-0.15, -0.1) is 0 Å². The molecule has 1 heterocycles. The van der Waals surface area contributed by atoms with Crippen LogP contribution in [0.1, 0.15) is 16.1 Å². The second kappa shape index (κ2) is 7.38. The fourth-order valence-corrected chi connectivity index (χ4v) is 2.75. The summed E-state index contributed by atoms with van der Waals surface area (Å²) in [7, 11) is -3.46. The van der Waals surface area contributed by atoms with Crippen LogP contribution >= 0.6 is 0 Å². The SMILES string of the molecule is CS(=O)(=O)N(CCNC(=O)c1ccco1)Cc1ccc(F)cc1. The van der Waals surface area contributed by atoms with E-state index in [9.17, 15) is 17.6 Å². The second-order valence-electron chi connectivity index (χ2n) is 4.96. The molecule has 2 rings (SSSR count). The van der Waals surface area contributed by atoms with Gasteiger partial charge in [0, 0.05) is 19.6 Å². The van der Waals surface area contributed by atoms with Crippen molar-refractivity contribution in [2.45, 2.75) is 6.54 Å². The number of carbonyl (C=O) groups excluding carboxylic acids is 1. The molecule has 6 nitrogen and oxygen atoms in total. The molecule has 0 aliphatic heterocycles. The number of hydrogen-bond donors (Lipinski definition) is 1. The Morgan fingerprint density at radius 1 is 1.26 bits per heavy atom. The molecule has 124 valence electrons. The molecule has 0 radical (unpaired) electrons. The Balaban J connectivity index is 1.94. The highest BCUT2D eigenvalue weighted by atomic mass is 32.2. The highest BCUT2D eigenvalue weighted by molar-refractivity contribution is 7.88. The normalized spacial score (nSPS) is 11.6. The summed E-state index contributed by atoms with van der Waals surface area (Å²) in [5.74, 6) is -0.634. The zero-order valence-electron chi connectivity index (χ0n) is 12.5. The van der Waals surface area contributed by atoms with Crippen LogP contribution in [0.25, 0.3) is 0 Å². The third-order valence-electron chi connectivity index (χ3n) is 3.13. The number of nitrogens with zero attached hydrogens (tertiary/aromatic N) is 1. The van der Waals surface area contributed by atoms with Gasteiger partial charge < -0.3 is 9.73 Å². The predicted molar refractivity (Wildman–Crippen MR) is 82.7 cm³/mol. The fourth-order valence-electron chi connectivity index (χ4n) is 1.94. The van der Waals surface area contributed by atoms with Gasteiger partial charge in [0.15, 0.2) is 5.76 Å². The monoisotopic (exact) mass is 340 g/mol. The minimum Gasteiger partial charge on any atom is -0.459 e. The highest BCUT2D eigenvalue weighted by Gasteiger charge is 2.17. The molecule has 0 saturated carbocycles. The molecule has 2 aromatic rings. The minimum atomic E-state index is -3.46. The van der Waals surface area contributed by atoms with Crippen LogP contribution in [0.3, 0.4) is 0 Å². The smallest absolute Gasteiger partial charge is 0.287 e. The van der Waals surface area contributed by atoms with Crippen molar-refractivity contribution in [1.29, 1.82) is 0 Å². The Labute approximate surface area is 134 Å². The number of furan rings is 1. The van der Waals surface area contributed by atoms with Crippen molar-refractivity contribution in [2.24, 2.45) is 0 Å². The molecule has 0 saturated heterocycles. The molecule has 0 spiro atoms. The minimum absolute atomic E-state index is 0.0999. The zero-order chi connectivity index (χ0) is 16.9. The van der Waals surface area contributed by atoms with E-state index in [2.05, 4.69) is 5.32 Å². The first-order valence-electron chi connectivity index (χ1n) is 6.87. The average Bonchev–Trinajstić information content (AvgIpc) is 3.01. The highest BCUT2D eigenvalue weighted by Crippen LogP contribution is 2.09. The quantitative estimate of drug-likeness (QED) is 0.830. The second-order valence-corrected chi connectivity index (χ2v) is 6.94. The Hall–Kier alpha value is -2.19. The molecule has 1 N–H and O–H groups in total. The van der Waals surface area contributed by atoms with Gasteiger partial charge in [-0.2, -0.15) is 4.31 Å². The van der Waals surface area contributed by atoms with Gasteiger partial charge in [-0.3, -0.25) is 4.79 Å². The first-order valence-corrected chi connectivity index (χ1v) is 8.72. The van der Waals surface area contributed by atoms with Crippen molar-refractivity contribution < 1.29 is 22.0 Å². The number of carbonyl (C=O) groups is 1. The Morgan fingerprint density at radius 2 is 1.96 bits per heavy atom. The van der Waals surface area contributed by atoms with Crippen molar-refractivity contribution >= 4 is 15.9 Å². The summed E-state index contributed by atoms with van der Waals surface area (Å²) in [6, 6.07) is 8.70. The van der Waals surface area contributed by atoms with Crippen LogP contribution in [0.4, 0.5) is 4.39 Å². The van der Waals surface area contributed by atoms with E-state index in [1.807, 2.05) is 0 Å². The van der Waals surface area contributed by atoms with E-state index >= 15 is 0 Å². The van der Waals surface area contributed by atoms with Crippen LogP contribution in [0.2, 0.25) is 0 Å². The van der Waals surface area contributed by atoms with E-state index in [1.54, 1.807) is 6.07 Å². The molecule has 1 amide bonds. The van der Waals surface area contributed by atoms with Crippen LogP contribution in [-0.2, 0) is 16.6 Å². The van der Waals surface area contributed by atoms with E-state index in [4.69, 9.17) is 4.42 Å². The van der Waals surface area contributed by atoms with Gasteiger partial charge >= 0.3 is 0 Å². The summed E-state index contributed by atoms with van der Waals surface area (Å²) in [6.45, 7) is 0.339. The lowest BCUT2D eigenvalue weighted by Crippen LogP contribution is -2.37. The van der Waals surface area contributed by atoms with Crippen LogP contribution in [0.15, 0.2) is 47.1 Å². The van der Waals surface area contributed by atoms with Crippen molar-refractivity contribution in [2.75, 3.05) is 19.3 Å². The Kier molecular flexibility index (Phi) is 5.51. The van der Waals surface area contributed by atoms with Crippen molar-refractivity contribution in [3.05, 3.63) is 59.8 Å². The van der Waals surface area contributed by atoms with E-state index in [0.717, 1.165) is 6.26 Å². The van der Waals surface area contributed by atoms with Gasteiger partial charge in [0.05, 0.1) is 12.5 Å². The zero-order valence-corrected chi connectivity index (χ0v) is 13.3. The molecule has 0 aliphatic rings. The number of nitrogens with one attached hydrogen (secondary N) is 1. The van der Waals surface area contributed by atoms with Crippen molar-refractivity contribution in [3.8, 4) is 0 Å². The molecule has 0 fully saturated rings. The van der Waals surface area contributed by atoms with E-state index in [1.165, 1.54) is 40.9 Å². The lowest BCUT2D eigenvalue weighted by atomic mass is 10.2. The van der Waals surface area contributed by atoms with Crippen LogP contribution < -0.4 is 5.32 Å². The third kappa shape index (κ3) is 5.19. The fraction of sp³-hybridized carbons (Fsp3) is 0.267. The maximum Gasteiger partial charge on any atom is 0.287 e. The van der Waals surface area contributed by atoms with Gasteiger partial charge in [-0.25, -0.2) is 12.8 Å². The first kappa shape index (κ1) is 17.2. The number of rotatable bonds is 7. The predicted octanol–water partition coefficient (Wildman–Crippen LogP) is 1.61. The number of halogens is 1. The summed E-state index contributed by atoms with van der Waals surface area (Å²) in [6.07, 6.45) is 2.47. The topological polar surface area (TPSA) is 79.6 Å². The molecule has 23 heavy (non-hydrogen) atoms. The van der Waals surface area contributed by atoms with Gasteiger partial charge in [0.1, 0.15) is 5.82 Å². The van der Waals surface area contributed by atoms with Crippen LogP contribution in [-0.4, -0.2) is 38.0 Å². The van der Waals surface area contributed by atoms with Crippen molar-refractivity contribution in [3.63, 3.8) is 0 Å². The lowest BCUT2D eigenvalue weighted by molar-refractivity contribution is 0.0924. The molecule has 1 aromatic carbocycles. The lowest BCUT2D eigenvalue weighted by Gasteiger charge is -2.20. The molecule has 0 atom stereocenters. The molecule has 0 bridgehead atoms. The number of hydrogen-bond acceptors (Lipinski definition) is 4. The van der Waals surface area contributed by atoms with E-state index in [0.29, 0.717) is 5.56 Å². The molecular weight excluding hydrogens is 323 g/mol. The third-order valence-corrected chi connectivity index (χ3v) is 4.38. The summed E-state index contributed by atoms with van der Waals surface area (Å²) >= 11 is 0. The maximum atomic E-state index is 12.9. The number of benzene rings is 1. The summed E-state index contributed by atoms with van der Waals surface area (Å²) < 4.78 is 42.7. The van der Waals surface area contributed by atoms with Gasteiger partial charge in [0.2, 0.25) is 10.0 Å². The molecule has 0 aliphatic carbocycles. The number of sulfonamides is 1. The molecular formula is C15H17FN2O4S. The Morgan fingerprint density at radius 3 is 2.52 bits per heavy atom. The summed E-state index contributed by atoms with van der Waals surface area (Å²) in [5.41, 5.74) is 0.661. The maximum absolute atomic E-state index is 12.9. The Bertz CT molecular complexity index is 742. The standard InChI is InChI=1S/C15H17FN2O4S/c1-23(20,21)18(11-12-4-6-13(16)7-5-12)9-8-17-15(19)14-3-2-10-22-14/h2-7,10H,8-9,11H2,1H3,(H,17,19). The molecule has 1 aromatic heterocycles. The van der Waals surface area contributed by atoms with Crippen LogP contribution in [0, 0.1) is 5.82 Å². The van der Waals surface area contributed by atoms with Crippen LogP contribution in [0.5, 0.6) is 0 Å². The van der Waals surface area contributed by atoms with Gasteiger partial charge in [-0.1, -0.05) is 12.1 Å². The van der Waals surface area contributed by atoms with Gasteiger partial charge in [0.25, 0.3) is 5.91 Å². The summed E-state index contributed by atoms with van der Waals surface area (Å²) in [4.78, 5) is 11.7. The van der Waals surface area contributed by atoms with Crippen molar-refractivity contribution in [1.82, 2.24) is 9.62 Å².